The van der Waals surface area contributed by atoms with Crippen LogP contribution in [0.3, 0.4) is 0 Å². The van der Waals surface area contributed by atoms with Crippen LogP contribution in [0.4, 0.5) is 15.8 Å². The number of hydrogen-bond donors (Lipinski definition) is 3. The molecule has 2 saturated carbocycles. The first-order chi connectivity index (χ1) is 16.2. The first-order valence-electron chi connectivity index (χ1n) is 11.1. The average Bonchev–Trinajstić information content (AvgIpc) is 3.52. The molecule has 0 spiro atoms. The molecule has 0 radical (unpaired) electrons. The standard InChI is InChI=1S/C23H24ClFN6O3/c1-30-11-26-19(20(30)22(32)28-15-3-4-17(25)16(24)7-15)12-5-13-8-23(33,9-14(13)6-12)21-18(29-34)10-27-31(21)2/h3-4,7,10-14,33H,5-6,8-9H2,1-2H3,(H,28,32)/p+1. The minimum Gasteiger partial charge on any atom is -0.379 e. The zero-order valence-electron chi connectivity index (χ0n) is 18.8. The van der Waals surface area contributed by atoms with Crippen molar-refractivity contribution >= 4 is 28.9 Å². The summed E-state index contributed by atoms with van der Waals surface area (Å²) in [7, 11) is 3.52. The predicted octanol–water partition coefficient (Wildman–Crippen LogP) is 3.81. The third-order valence-corrected chi connectivity index (χ3v) is 7.59. The number of aryl methyl sites for hydroxylation is 2. The van der Waals surface area contributed by atoms with Crippen molar-refractivity contribution in [3.8, 4) is 0 Å². The summed E-state index contributed by atoms with van der Waals surface area (Å²) < 4.78 is 16.8. The van der Waals surface area contributed by atoms with Gasteiger partial charge >= 0.3 is 0 Å². The van der Waals surface area contributed by atoms with Crippen LogP contribution in [-0.4, -0.2) is 25.7 Å². The molecule has 2 unspecified atom stereocenters. The Morgan fingerprint density at radius 3 is 2.74 bits per heavy atom. The van der Waals surface area contributed by atoms with Crippen LogP contribution in [0.25, 0.3) is 0 Å². The third-order valence-electron chi connectivity index (χ3n) is 7.30. The molecule has 2 atom stereocenters. The van der Waals surface area contributed by atoms with E-state index in [-0.39, 0.29) is 34.4 Å². The van der Waals surface area contributed by atoms with Gasteiger partial charge in [-0.2, -0.15) is 5.10 Å². The summed E-state index contributed by atoms with van der Waals surface area (Å²) in [6.07, 6.45) is 5.73. The van der Waals surface area contributed by atoms with Gasteiger partial charge in [-0.1, -0.05) is 11.6 Å². The molecule has 2 aromatic heterocycles. The molecule has 1 aromatic carbocycles. The number of hydrogen-bond acceptors (Lipinski definition) is 5. The summed E-state index contributed by atoms with van der Waals surface area (Å²) in [6, 6.07) is 4.03. The largest absolute Gasteiger partial charge is 0.379 e. The van der Waals surface area contributed by atoms with Gasteiger partial charge in [-0.05, 0) is 60.9 Å². The molecule has 1 amide bonds. The normalized spacial score (nSPS) is 26.0. The number of fused-ring (bicyclic) bond motifs is 1. The molecule has 2 aliphatic rings. The second-order valence-electron chi connectivity index (χ2n) is 9.46. The minimum absolute atomic E-state index is 0.0668. The number of halogens is 2. The highest BCUT2D eigenvalue weighted by Crippen LogP contribution is 2.57. The van der Waals surface area contributed by atoms with Gasteiger partial charge in [0, 0.05) is 18.7 Å². The maximum absolute atomic E-state index is 13.5. The Morgan fingerprint density at radius 2 is 2.09 bits per heavy atom. The van der Waals surface area contributed by atoms with Crippen molar-refractivity contribution in [1.29, 1.82) is 0 Å². The van der Waals surface area contributed by atoms with Crippen LogP contribution in [0.15, 0.2) is 35.9 Å². The van der Waals surface area contributed by atoms with E-state index in [1.807, 2.05) is 0 Å². The van der Waals surface area contributed by atoms with E-state index in [9.17, 15) is 19.2 Å². The summed E-state index contributed by atoms with van der Waals surface area (Å²) in [5.41, 5.74) is 1.19. The van der Waals surface area contributed by atoms with Crippen molar-refractivity contribution < 1.29 is 19.0 Å². The topological polar surface area (TPSA) is 116 Å². The van der Waals surface area contributed by atoms with E-state index in [1.54, 1.807) is 29.7 Å². The Hall–Kier alpha value is -3.11. The van der Waals surface area contributed by atoms with E-state index in [1.165, 1.54) is 24.4 Å². The number of carbonyl (C=O) groups excluding carboxylic acids is 1. The molecule has 5 rings (SSSR count). The van der Waals surface area contributed by atoms with Gasteiger partial charge in [-0.25, -0.2) is 9.37 Å². The second kappa shape index (κ2) is 8.28. The summed E-state index contributed by atoms with van der Waals surface area (Å²) in [4.78, 5) is 28.8. The molecule has 0 saturated heterocycles. The van der Waals surface area contributed by atoms with Crippen LogP contribution in [0, 0.1) is 22.6 Å². The molecule has 34 heavy (non-hydrogen) atoms. The van der Waals surface area contributed by atoms with Crippen molar-refractivity contribution in [1.82, 2.24) is 14.6 Å². The lowest BCUT2D eigenvalue weighted by atomic mass is 9.89. The number of imidazole rings is 1. The van der Waals surface area contributed by atoms with E-state index in [0.29, 0.717) is 35.6 Å². The van der Waals surface area contributed by atoms with Crippen molar-refractivity contribution in [2.75, 3.05) is 5.32 Å². The van der Waals surface area contributed by atoms with Gasteiger partial charge < -0.3 is 15.0 Å². The van der Waals surface area contributed by atoms with E-state index in [4.69, 9.17) is 11.6 Å². The number of H-pyrrole nitrogens is 1. The zero-order chi connectivity index (χ0) is 24.2. The molecular formula is C23H25ClFN6O3+. The fraction of sp³-hybridized carbons (Fsp3) is 0.435. The van der Waals surface area contributed by atoms with Gasteiger partial charge in [0.05, 0.1) is 23.2 Å². The molecule has 178 valence electrons. The van der Waals surface area contributed by atoms with Crippen molar-refractivity contribution in [2.45, 2.75) is 37.2 Å². The molecular weight excluding hydrogens is 463 g/mol. The number of aliphatic hydroxyl groups is 1. The van der Waals surface area contributed by atoms with E-state index < -0.39 is 11.4 Å². The van der Waals surface area contributed by atoms with Gasteiger partial charge in [0.2, 0.25) is 5.69 Å². The quantitative estimate of drug-likeness (QED) is 0.375. The highest BCUT2D eigenvalue weighted by Gasteiger charge is 2.55. The fourth-order valence-corrected chi connectivity index (χ4v) is 6.13. The van der Waals surface area contributed by atoms with Gasteiger partial charge in [0.15, 0.2) is 12.6 Å². The Kier molecular flexibility index (Phi) is 5.52. The van der Waals surface area contributed by atoms with E-state index in [2.05, 4.69) is 20.6 Å². The lowest BCUT2D eigenvalue weighted by Gasteiger charge is -2.20. The summed E-state index contributed by atoms with van der Waals surface area (Å²) in [5.74, 6) is -0.353. The molecule has 3 aromatic rings. The van der Waals surface area contributed by atoms with Crippen molar-refractivity contribution in [3.63, 3.8) is 0 Å². The van der Waals surface area contributed by atoms with Crippen LogP contribution in [-0.2, 0) is 19.7 Å². The molecule has 3 N–H and O–H groups in total. The second-order valence-corrected chi connectivity index (χ2v) is 9.87. The number of anilines is 1. The number of aromatic nitrogens is 4. The van der Waals surface area contributed by atoms with E-state index in [0.717, 1.165) is 12.8 Å². The molecule has 0 aliphatic heterocycles. The number of aromatic amines is 1. The molecule has 9 nitrogen and oxygen atoms in total. The number of benzene rings is 1. The van der Waals surface area contributed by atoms with Gasteiger partial charge in [0.1, 0.15) is 11.5 Å². The molecule has 2 fully saturated rings. The Labute approximate surface area is 199 Å². The number of nitrogens with zero attached hydrogens (tertiary/aromatic N) is 4. The first kappa shape index (κ1) is 22.7. The fourth-order valence-electron chi connectivity index (χ4n) is 5.95. The van der Waals surface area contributed by atoms with Gasteiger partial charge in [-0.15, -0.1) is 9.59 Å². The monoisotopic (exact) mass is 487 g/mol. The first-order valence-corrected chi connectivity index (χ1v) is 11.5. The average molecular weight is 488 g/mol. The van der Waals surface area contributed by atoms with Gasteiger partial charge in [-0.3, -0.25) is 4.79 Å². The lowest BCUT2D eigenvalue weighted by Crippen LogP contribution is -2.42. The number of amides is 1. The minimum atomic E-state index is -1.12. The smallest absolute Gasteiger partial charge is 0.274 e. The molecule has 11 heteroatoms. The van der Waals surface area contributed by atoms with Gasteiger partial charge in [0.25, 0.3) is 11.6 Å². The maximum Gasteiger partial charge on any atom is 0.274 e. The van der Waals surface area contributed by atoms with E-state index >= 15 is 0 Å². The van der Waals surface area contributed by atoms with Crippen molar-refractivity contribution in [3.05, 3.63) is 63.6 Å². The van der Waals surface area contributed by atoms with Crippen LogP contribution >= 0.6 is 11.6 Å². The third kappa shape index (κ3) is 3.70. The maximum atomic E-state index is 13.5. The Bertz CT molecular complexity index is 1270. The number of carbonyl (C=O) groups is 1. The van der Waals surface area contributed by atoms with Crippen LogP contribution in [0.5, 0.6) is 0 Å². The molecule has 2 heterocycles. The molecule has 2 aliphatic carbocycles. The number of nitrogens with one attached hydrogen (secondary N) is 2. The van der Waals surface area contributed by atoms with Crippen LogP contribution in [0.2, 0.25) is 5.02 Å². The SMILES string of the molecule is Cn1cnc(C2CC3CC(O)(c4c(N=O)c[nH][n+]4C)CC3C2)c1C(=O)Nc1ccc(F)c(Cl)c1. The highest BCUT2D eigenvalue weighted by molar-refractivity contribution is 6.31. The predicted molar refractivity (Wildman–Crippen MR) is 122 cm³/mol. The zero-order valence-corrected chi connectivity index (χ0v) is 19.5. The molecule has 0 bridgehead atoms. The summed E-state index contributed by atoms with van der Waals surface area (Å²) in [6.45, 7) is 0. The van der Waals surface area contributed by atoms with Crippen LogP contribution < -0.4 is 10.00 Å². The Balaban J connectivity index is 1.34. The Morgan fingerprint density at radius 1 is 1.38 bits per heavy atom. The summed E-state index contributed by atoms with van der Waals surface area (Å²) >= 11 is 5.84. The van der Waals surface area contributed by atoms with Crippen LogP contribution in [0.1, 0.15) is 53.5 Å². The number of nitroso groups, excluding NO2 is 1. The van der Waals surface area contributed by atoms with Crippen molar-refractivity contribution in [2.24, 2.45) is 31.1 Å². The number of rotatable bonds is 5. The lowest BCUT2D eigenvalue weighted by molar-refractivity contribution is -0.739. The summed E-state index contributed by atoms with van der Waals surface area (Å²) in [5, 5.41) is 20.1. The highest BCUT2D eigenvalue weighted by atomic mass is 35.5.